The first kappa shape index (κ1) is 8.31. The second-order valence-corrected chi connectivity index (χ2v) is 2.36. The minimum atomic E-state index is 0.812. The van der Waals surface area contributed by atoms with E-state index >= 15 is 0 Å². The summed E-state index contributed by atoms with van der Waals surface area (Å²) in [6.45, 7) is 5.45. The molecular weight excluding hydrogens is 118 g/mol. The maximum absolute atomic E-state index is 3.92. The predicted octanol–water partition coefficient (Wildman–Crippen LogP) is 1.86. The molecule has 0 saturated carbocycles. The first-order chi connectivity index (χ1) is 3.85. The van der Waals surface area contributed by atoms with Crippen LogP contribution in [-0.4, -0.2) is 6.54 Å². The molecule has 0 aromatic carbocycles. The molecule has 8 heavy (non-hydrogen) atoms. The Morgan fingerprint density at radius 2 is 1.88 bits per heavy atom. The van der Waals surface area contributed by atoms with Crippen LogP contribution in [0.15, 0.2) is 0 Å². The monoisotopic (exact) mass is 133 g/mol. The Balaban J connectivity index is 3.07. The largest absolute Gasteiger partial charge is 0.267 e. The molecule has 0 rings (SSSR count). The van der Waals surface area contributed by atoms with Crippen LogP contribution in [0.2, 0.25) is 0 Å². The van der Waals surface area contributed by atoms with Gasteiger partial charge in [0.25, 0.3) is 0 Å². The van der Waals surface area contributed by atoms with Crippen LogP contribution in [0.5, 0.6) is 0 Å². The van der Waals surface area contributed by atoms with E-state index in [1.54, 1.807) is 0 Å². The van der Waals surface area contributed by atoms with Crippen molar-refractivity contribution < 1.29 is 0 Å². The van der Waals surface area contributed by atoms with Crippen LogP contribution in [0, 0.1) is 5.92 Å². The van der Waals surface area contributed by atoms with Crippen molar-refractivity contribution in [2.75, 3.05) is 6.54 Å². The Hall–Kier alpha value is 0.310. The molecule has 0 unspecified atom stereocenters. The molecule has 50 valence electrons. The van der Waals surface area contributed by atoms with Crippen LogP contribution in [0.1, 0.15) is 26.7 Å². The van der Waals surface area contributed by atoms with Gasteiger partial charge in [-0.1, -0.05) is 39.5 Å². The summed E-state index contributed by atoms with van der Waals surface area (Å²) in [4.78, 5) is 0. The normalized spacial score (nSPS) is 10.5. The minimum absolute atomic E-state index is 0.812. The summed E-state index contributed by atoms with van der Waals surface area (Å²) in [6, 6.07) is 0. The highest BCUT2D eigenvalue weighted by Gasteiger charge is 1.98. The predicted molar refractivity (Wildman–Crippen MR) is 41.1 cm³/mol. The number of hydrogen-bond acceptors (Lipinski definition) is 2. The van der Waals surface area contributed by atoms with Gasteiger partial charge in [-0.25, -0.2) is 0 Å². The molecule has 0 atom stereocenters. The summed E-state index contributed by atoms with van der Waals surface area (Å²) >= 11 is 3.92. The SMILES string of the molecule is CCC(CC)CNS. The van der Waals surface area contributed by atoms with E-state index in [9.17, 15) is 0 Å². The molecule has 2 heteroatoms. The standard InChI is InChI=1S/C6H15NS/c1-3-6(4-2)5-7-8/h6-8H,3-5H2,1-2H3. The van der Waals surface area contributed by atoms with Gasteiger partial charge in [-0.3, -0.25) is 4.72 Å². The van der Waals surface area contributed by atoms with Crippen molar-refractivity contribution in [3.8, 4) is 0 Å². The summed E-state index contributed by atoms with van der Waals surface area (Å²) in [6.07, 6.45) is 2.51. The van der Waals surface area contributed by atoms with Gasteiger partial charge in [-0.2, -0.15) is 0 Å². The van der Waals surface area contributed by atoms with Gasteiger partial charge >= 0.3 is 0 Å². The molecule has 0 bridgehead atoms. The summed E-state index contributed by atoms with van der Waals surface area (Å²) in [5, 5.41) is 0. The smallest absolute Gasteiger partial charge is 0.00843 e. The molecule has 0 aliphatic carbocycles. The first-order valence-electron chi connectivity index (χ1n) is 3.22. The Morgan fingerprint density at radius 1 is 1.38 bits per heavy atom. The van der Waals surface area contributed by atoms with E-state index in [1.165, 1.54) is 12.8 Å². The molecule has 0 saturated heterocycles. The lowest BCUT2D eigenvalue weighted by Gasteiger charge is -2.08. The highest BCUT2D eigenvalue weighted by Crippen LogP contribution is 2.04. The second kappa shape index (κ2) is 5.45. The van der Waals surface area contributed by atoms with Crippen LogP contribution in [0.4, 0.5) is 0 Å². The average Bonchev–Trinajstić information content (AvgIpc) is 1.83. The van der Waals surface area contributed by atoms with Crippen molar-refractivity contribution in [3.63, 3.8) is 0 Å². The fourth-order valence-corrected chi connectivity index (χ4v) is 0.965. The molecule has 0 amide bonds. The van der Waals surface area contributed by atoms with E-state index in [1.807, 2.05) is 0 Å². The highest BCUT2D eigenvalue weighted by molar-refractivity contribution is 7.78. The van der Waals surface area contributed by atoms with Crippen LogP contribution < -0.4 is 4.72 Å². The Kier molecular flexibility index (Phi) is 5.66. The Bertz CT molecular complexity index is 43.8. The van der Waals surface area contributed by atoms with Crippen LogP contribution in [-0.2, 0) is 0 Å². The van der Waals surface area contributed by atoms with Crippen molar-refractivity contribution in [2.24, 2.45) is 5.92 Å². The average molecular weight is 133 g/mol. The fraction of sp³-hybridized carbons (Fsp3) is 1.00. The van der Waals surface area contributed by atoms with E-state index in [4.69, 9.17) is 0 Å². The van der Waals surface area contributed by atoms with Gasteiger partial charge in [0, 0.05) is 6.54 Å². The first-order valence-corrected chi connectivity index (χ1v) is 3.66. The van der Waals surface area contributed by atoms with Crippen LogP contribution in [0.3, 0.4) is 0 Å². The second-order valence-electron chi connectivity index (χ2n) is 2.04. The summed E-state index contributed by atoms with van der Waals surface area (Å²) in [7, 11) is 0. The Morgan fingerprint density at radius 3 is 2.00 bits per heavy atom. The zero-order chi connectivity index (χ0) is 6.41. The molecule has 1 nitrogen and oxygen atoms in total. The highest BCUT2D eigenvalue weighted by atomic mass is 32.1. The Labute approximate surface area is 57.4 Å². The molecular formula is C6H15NS. The van der Waals surface area contributed by atoms with Gasteiger partial charge in [0.05, 0.1) is 0 Å². The molecule has 0 aliphatic heterocycles. The third kappa shape index (κ3) is 3.33. The number of rotatable bonds is 4. The van der Waals surface area contributed by atoms with Crippen molar-refractivity contribution in [2.45, 2.75) is 26.7 Å². The molecule has 0 radical (unpaired) electrons. The topological polar surface area (TPSA) is 12.0 Å². The maximum Gasteiger partial charge on any atom is 0.00843 e. The minimum Gasteiger partial charge on any atom is -0.267 e. The van der Waals surface area contributed by atoms with Crippen molar-refractivity contribution >= 4 is 12.8 Å². The maximum atomic E-state index is 3.92. The van der Waals surface area contributed by atoms with Gasteiger partial charge in [0.15, 0.2) is 0 Å². The van der Waals surface area contributed by atoms with Gasteiger partial charge in [-0.05, 0) is 5.92 Å². The summed E-state index contributed by atoms with van der Waals surface area (Å²) in [5.74, 6) is 0.812. The lowest BCUT2D eigenvalue weighted by molar-refractivity contribution is 0.493. The lowest BCUT2D eigenvalue weighted by Crippen LogP contribution is -2.12. The molecule has 0 aromatic rings. The van der Waals surface area contributed by atoms with Crippen molar-refractivity contribution in [3.05, 3.63) is 0 Å². The number of hydrogen-bond donors (Lipinski definition) is 2. The summed E-state index contributed by atoms with van der Waals surface area (Å²) < 4.78 is 2.86. The lowest BCUT2D eigenvalue weighted by atomic mass is 10.0. The molecule has 0 heterocycles. The van der Waals surface area contributed by atoms with Gasteiger partial charge in [0.1, 0.15) is 0 Å². The van der Waals surface area contributed by atoms with E-state index in [0.29, 0.717) is 0 Å². The van der Waals surface area contributed by atoms with E-state index < -0.39 is 0 Å². The number of thiol groups is 1. The molecule has 0 spiro atoms. The molecule has 0 aliphatic rings. The van der Waals surface area contributed by atoms with E-state index in [2.05, 4.69) is 31.4 Å². The molecule has 0 fully saturated rings. The third-order valence-corrected chi connectivity index (χ3v) is 1.72. The number of nitrogens with one attached hydrogen (secondary N) is 1. The van der Waals surface area contributed by atoms with Crippen LogP contribution >= 0.6 is 12.8 Å². The van der Waals surface area contributed by atoms with Crippen LogP contribution in [0.25, 0.3) is 0 Å². The quantitative estimate of drug-likeness (QED) is 0.558. The third-order valence-electron chi connectivity index (χ3n) is 1.53. The molecule has 0 aromatic heterocycles. The summed E-state index contributed by atoms with van der Waals surface area (Å²) in [5.41, 5.74) is 0. The van der Waals surface area contributed by atoms with E-state index in [-0.39, 0.29) is 0 Å². The zero-order valence-corrected chi connectivity index (χ0v) is 6.54. The molecule has 1 N–H and O–H groups in total. The fourth-order valence-electron chi connectivity index (χ4n) is 0.706. The van der Waals surface area contributed by atoms with E-state index in [0.717, 1.165) is 12.5 Å². The van der Waals surface area contributed by atoms with Gasteiger partial charge in [-0.15, -0.1) is 0 Å². The van der Waals surface area contributed by atoms with Gasteiger partial charge < -0.3 is 0 Å². The van der Waals surface area contributed by atoms with Crippen molar-refractivity contribution in [1.82, 2.24) is 4.72 Å². The van der Waals surface area contributed by atoms with Crippen molar-refractivity contribution in [1.29, 1.82) is 0 Å². The zero-order valence-electron chi connectivity index (χ0n) is 5.65. The van der Waals surface area contributed by atoms with Gasteiger partial charge in [0.2, 0.25) is 0 Å².